The predicted octanol–water partition coefficient (Wildman–Crippen LogP) is 0.753. The number of pyridine rings is 1. The van der Waals surface area contributed by atoms with Crippen LogP contribution >= 0.6 is 0 Å². The lowest BCUT2D eigenvalue weighted by molar-refractivity contribution is 0.0982. The molecule has 0 aliphatic carbocycles. The van der Waals surface area contributed by atoms with Gasteiger partial charge in [0.1, 0.15) is 17.5 Å². The Morgan fingerprint density at radius 3 is 3.10 bits per heavy atom. The van der Waals surface area contributed by atoms with Gasteiger partial charge in [0.2, 0.25) is 0 Å². The molecule has 21 heavy (non-hydrogen) atoms. The van der Waals surface area contributed by atoms with Gasteiger partial charge in [-0.3, -0.25) is 9.78 Å². The summed E-state index contributed by atoms with van der Waals surface area (Å²) in [6.45, 7) is 3.75. The number of urea groups is 1. The number of aromatic nitrogens is 1. The van der Waals surface area contributed by atoms with Gasteiger partial charge in [0, 0.05) is 25.4 Å². The number of hydrogen-bond acceptors (Lipinski definition) is 4. The Bertz CT molecular complexity index is 521. The molecule has 1 aliphatic rings. The second-order valence-corrected chi connectivity index (χ2v) is 4.90. The minimum absolute atomic E-state index is 0.0710. The number of hydrogen-bond donors (Lipinski definition) is 2. The fraction of sp³-hybridized carbons (Fsp3) is 0.500. The van der Waals surface area contributed by atoms with Crippen LogP contribution in [-0.2, 0) is 0 Å². The van der Waals surface area contributed by atoms with Crippen molar-refractivity contribution in [2.45, 2.75) is 25.9 Å². The number of nitrogens with one attached hydrogen (secondary N) is 1. The molecule has 3 amide bonds. The second-order valence-electron chi connectivity index (χ2n) is 4.90. The average molecular weight is 292 g/mol. The van der Waals surface area contributed by atoms with Crippen molar-refractivity contribution in [3.63, 3.8) is 0 Å². The largest absolute Gasteiger partial charge is 0.488 e. The van der Waals surface area contributed by atoms with E-state index in [1.165, 1.54) is 12.3 Å². The van der Waals surface area contributed by atoms with Gasteiger partial charge in [-0.1, -0.05) is 0 Å². The fourth-order valence-electron chi connectivity index (χ4n) is 2.29. The highest BCUT2D eigenvalue weighted by Gasteiger charge is 2.24. The zero-order valence-electron chi connectivity index (χ0n) is 12.0. The Morgan fingerprint density at radius 2 is 2.38 bits per heavy atom. The number of likely N-dealkylation sites (tertiary alicyclic amines) is 1. The van der Waals surface area contributed by atoms with E-state index in [9.17, 15) is 9.59 Å². The van der Waals surface area contributed by atoms with E-state index in [1.807, 2.05) is 6.92 Å². The lowest BCUT2D eigenvalue weighted by atomic mass is 10.1. The van der Waals surface area contributed by atoms with Crippen molar-refractivity contribution in [3.8, 4) is 5.75 Å². The van der Waals surface area contributed by atoms with Crippen molar-refractivity contribution < 1.29 is 14.3 Å². The zero-order valence-corrected chi connectivity index (χ0v) is 12.0. The monoisotopic (exact) mass is 292 g/mol. The molecule has 2 heterocycles. The Balaban J connectivity index is 1.97. The highest BCUT2D eigenvalue weighted by atomic mass is 16.5. The van der Waals surface area contributed by atoms with E-state index in [2.05, 4.69) is 10.3 Å². The van der Waals surface area contributed by atoms with E-state index in [-0.39, 0.29) is 17.8 Å². The van der Waals surface area contributed by atoms with E-state index in [0.29, 0.717) is 18.8 Å². The maximum atomic E-state index is 11.8. The minimum Gasteiger partial charge on any atom is -0.488 e. The van der Waals surface area contributed by atoms with Crippen molar-refractivity contribution in [1.29, 1.82) is 0 Å². The summed E-state index contributed by atoms with van der Waals surface area (Å²) in [5.41, 5.74) is 5.36. The number of nitrogens with two attached hydrogens (primary N) is 1. The first-order chi connectivity index (χ1) is 10.1. The summed E-state index contributed by atoms with van der Waals surface area (Å²) in [6, 6.07) is 3.13. The lowest BCUT2D eigenvalue weighted by Crippen LogP contribution is -2.48. The zero-order chi connectivity index (χ0) is 15.2. The molecule has 7 heteroatoms. The summed E-state index contributed by atoms with van der Waals surface area (Å²) in [5, 5.41) is 2.78. The molecule has 3 N–H and O–H groups in total. The molecule has 1 saturated heterocycles. The highest BCUT2D eigenvalue weighted by Crippen LogP contribution is 2.18. The minimum atomic E-state index is -0.590. The van der Waals surface area contributed by atoms with E-state index in [1.54, 1.807) is 11.0 Å². The van der Waals surface area contributed by atoms with Gasteiger partial charge in [0.05, 0.1) is 6.54 Å². The number of ether oxygens (including phenoxy) is 1. The number of carbonyl (C=O) groups is 2. The van der Waals surface area contributed by atoms with Gasteiger partial charge >= 0.3 is 6.03 Å². The predicted molar refractivity (Wildman–Crippen MR) is 77.1 cm³/mol. The van der Waals surface area contributed by atoms with Crippen molar-refractivity contribution in [3.05, 3.63) is 24.0 Å². The van der Waals surface area contributed by atoms with Gasteiger partial charge < -0.3 is 20.7 Å². The second kappa shape index (κ2) is 6.92. The molecule has 2 rings (SSSR count). The van der Waals surface area contributed by atoms with E-state index < -0.39 is 5.91 Å². The van der Waals surface area contributed by atoms with Crippen molar-refractivity contribution >= 4 is 11.9 Å². The van der Waals surface area contributed by atoms with Crippen molar-refractivity contribution in [1.82, 2.24) is 15.2 Å². The molecule has 7 nitrogen and oxygen atoms in total. The van der Waals surface area contributed by atoms with Crippen LogP contribution in [0, 0.1) is 0 Å². The van der Waals surface area contributed by atoms with Crippen LogP contribution < -0.4 is 15.8 Å². The van der Waals surface area contributed by atoms with Gasteiger partial charge in [-0.05, 0) is 25.8 Å². The molecule has 1 aliphatic heterocycles. The molecule has 1 atom stereocenters. The van der Waals surface area contributed by atoms with Crippen LogP contribution in [0.1, 0.15) is 30.3 Å². The average Bonchev–Trinajstić information content (AvgIpc) is 2.48. The number of primary amides is 1. The molecule has 0 aromatic carbocycles. The topological polar surface area (TPSA) is 97.6 Å². The van der Waals surface area contributed by atoms with Crippen LogP contribution in [0.25, 0.3) is 0 Å². The fourth-order valence-corrected chi connectivity index (χ4v) is 2.29. The molecule has 1 aromatic rings. The molecule has 114 valence electrons. The SMILES string of the molecule is CCNC(=O)N1CCCC(Oc2ccnc(C(N)=O)c2)C1. The Hall–Kier alpha value is -2.31. The summed E-state index contributed by atoms with van der Waals surface area (Å²) in [6.07, 6.45) is 3.14. The van der Waals surface area contributed by atoms with E-state index >= 15 is 0 Å². The summed E-state index contributed by atoms with van der Waals surface area (Å²) in [4.78, 5) is 28.5. The van der Waals surface area contributed by atoms with E-state index in [4.69, 9.17) is 10.5 Å². The number of amides is 3. The molecule has 0 spiro atoms. The van der Waals surface area contributed by atoms with Crippen LogP contribution in [0.2, 0.25) is 0 Å². The maximum Gasteiger partial charge on any atom is 0.317 e. The van der Waals surface area contributed by atoms with Gasteiger partial charge in [0.15, 0.2) is 0 Å². The van der Waals surface area contributed by atoms with Crippen molar-refractivity contribution in [2.75, 3.05) is 19.6 Å². The Morgan fingerprint density at radius 1 is 1.57 bits per heavy atom. The number of rotatable bonds is 4. The van der Waals surface area contributed by atoms with Gasteiger partial charge in [0.25, 0.3) is 5.91 Å². The van der Waals surface area contributed by atoms with Crippen LogP contribution in [0.5, 0.6) is 5.75 Å². The molecule has 1 aromatic heterocycles. The Labute approximate surface area is 123 Å². The van der Waals surface area contributed by atoms with Gasteiger partial charge in [-0.25, -0.2) is 4.79 Å². The Kier molecular flexibility index (Phi) is 4.97. The summed E-state index contributed by atoms with van der Waals surface area (Å²) >= 11 is 0. The summed E-state index contributed by atoms with van der Waals surface area (Å²) < 4.78 is 5.84. The molecule has 0 radical (unpaired) electrons. The standard InChI is InChI=1S/C14H20N4O3/c1-2-16-14(20)18-7-3-4-11(9-18)21-10-5-6-17-12(8-10)13(15)19/h5-6,8,11H,2-4,7,9H2,1H3,(H2,15,19)(H,16,20). The first kappa shape index (κ1) is 15.1. The van der Waals surface area contributed by atoms with Crippen LogP contribution in [0.15, 0.2) is 18.3 Å². The summed E-state index contributed by atoms with van der Waals surface area (Å²) in [7, 11) is 0. The van der Waals surface area contributed by atoms with Crippen LogP contribution in [0.3, 0.4) is 0 Å². The van der Waals surface area contributed by atoms with Crippen molar-refractivity contribution in [2.24, 2.45) is 5.73 Å². The van der Waals surface area contributed by atoms with Crippen LogP contribution in [-0.4, -0.2) is 47.6 Å². The normalized spacial score (nSPS) is 18.1. The molecule has 1 fully saturated rings. The molecular formula is C14H20N4O3. The third kappa shape index (κ3) is 4.08. The summed E-state index contributed by atoms with van der Waals surface area (Å²) in [5.74, 6) is -0.0467. The first-order valence-corrected chi connectivity index (χ1v) is 7.05. The van der Waals surface area contributed by atoms with Gasteiger partial charge in [-0.2, -0.15) is 0 Å². The third-order valence-electron chi connectivity index (χ3n) is 3.28. The molecule has 0 bridgehead atoms. The number of piperidine rings is 1. The quantitative estimate of drug-likeness (QED) is 0.855. The molecule has 0 saturated carbocycles. The first-order valence-electron chi connectivity index (χ1n) is 7.05. The lowest BCUT2D eigenvalue weighted by Gasteiger charge is -2.32. The number of carbonyl (C=O) groups excluding carboxylic acids is 2. The maximum absolute atomic E-state index is 11.8. The highest BCUT2D eigenvalue weighted by molar-refractivity contribution is 5.91. The number of nitrogens with zero attached hydrogens (tertiary/aromatic N) is 2. The van der Waals surface area contributed by atoms with Gasteiger partial charge in [-0.15, -0.1) is 0 Å². The smallest absolute Gasteiger partial charge is 0.317 e. The van der Waals surface area contributed by atoms with E-state index in [0.717, 1.165) is 19.4 Å². The molecule has 1 unspecified atom stereocenters. The van der Waals surface area contributed by atoms with Crippen LogP contribution in [0.4, 0.5) is 4.79 Å². The molecular weight excluding hydrogens is 272 g/mol. The third-order valence-corrected chi connectivity index (χ3v) is 3.28.